The summed E-state index contributed by atoms with van der Waals surface area (Å²) in [5.74, 6) is -0.136. The largest absolute Gasteiger partial charge is 0.433 e. The van der Waals surface area contributed by atoms with Gasteiger partial charge in [0.25, 0.3) is 5.91 Å². The van der Waals surface area contributed by atoms with Crippen molar-refractivity contribution >= 4 is 17.4 Å². The van der Waals surface area contributed by atoms with Crippen LogP contribution in [0, 0.1) is 0 Å². The molecule has 26 heavy (non-hydrogen) atoms. The van der Waals surface area contributed by atoms with E-state index in [0.29, 0.717) is 22.7 Å². The van der Waals surface area contributed by atoms with Gasteiger partial charge in [-0.25, -0.2) is 9.97 Å². The Labute approximate surface area is 152 Å². The van der Waals surface area contributed by atoms with Crippen molar-refractivity contribution in [2.24, 2.45) is 0 Å². The summed E-state index contributed by atoms with van der Waals surface area (Å²) in [6, 6.07) is 1.03. The highest BCUT2D eigenvalue weighted by molar-refractivity contribution is 7.08. The molecule has 140 valence electrons. The summed E-state index contributed by atoms with van der Waals surface area (Å²) < 4.78 is 42.8. The van der Waals surface area contributed by atoms with Crippen LogP contribution in [0.5, 0.6) is 0 Å². The first-order valence-electron chi connectivity index (χ1n) is 8.43. The Morgan fingerprint density at radius 3 is 2.73 bits per heavy atom. The first-order chi connectivity index (χ1) is 12.4. The average Bonchev–Trinajstić information content (AvgIpc) is 3.34. The van der Waals surface area contributed by atoms with E-state index in [-0.39, 0.29) is 30.6 Å². The number of nitrogens with one attached hydrogen (secondary N) is 1. The van der Waals surface area contributed by atoms with Gasteiger partial charge in [-0.1, -0.05) is 17.8 Å². The molecule has 2 aromatic heterocycles. The number of hydrogen-bond donors (Lipinski definition) is 1. The summed E-state index contributed by atoms with van der Waals surface area (Å²) in [7, 11) is 0. The van der Waals surface area contributed by atoms with E-state index in [1.165, 1.54) is 0 Å². The second kappa shape index (κ2) is 7.65. The third kappa shape index (κ3) is 4.54. The van der Waals surface area contributed by atoms with Crippen molar-refractivity contribution in [2.45, 2.75) is 51.1 Å². The lowest BCUT2D eigenvalue weighted by Gasteiger charge is -2.10. The van der Waals surface area contributed by atoms with Crippen LogP contribution in [-0.4, -0.2) is 32.0 Å². The number of hydrogen-bond acceptors (Lipinski definition) is 6. The molecule has 1 aliphatic rings. The van der Waals surface area contributed by atoms with Crippen molar-refractivity contribution in [3.63, 3.8) is 0 Å². The summed E-state index contributed by atoms with van der Waals surface area (Å²) in [4.78, 5) is 20.5. The minimum atomic E-state index is -4.51. The second-order valence-corrected chi connectivity index (χ2v) is 6.93. The van der Waals surface area contributed by atoms with Gasteiger partial charge in [0.1, 0.15) is 16.4 Å². The normalized spacial score (nSPS) is 14.5. The van der Waals surface area contributed by atoms with E-state index in [4.69, 9.17) is 0 Å². The van der Waals surface area contributed by atoms with Gasteiger partial charge < -0.3 is 5.32 Å². The number of aryl methyl sites for hydroxylation is 1. The summed E-state index contributed by atoms with van der Waals surface area (Å²) in [6.45, 7) is 2.12. The van der Waals surface area contributed by atoms with Crippen LogP contribution in [-0.2, 0) is 19.0 Å². The molecule has 1 N–H and O–H groups in total. The fourth-order valence-corrected chi connectivity index (χ4v) is 3.14. The molecule has 0 atom stereocenters. The Balaban J connectivity index is 1.65. The first kappa shape index (κ1) is 18.7. The van der Waals surface area contributed by atoms with Gasteiger partial charge in [-0.2, -0.15) is 13.2 Å². The Kier molecular flexibility index (Phi) is 5.49. The fourth-order valence-electron chi connectivity index (χ4n) is 2.51. The minimum absolute atomic E-state index is 0.0901. The highest BCUT2D eigenvalue weighted by Gasteiger charge is 2.35. The standard InChI is InChI=1S/C16H18F3N5OS/c1-2-3-10-14(26-24-23-10)15(25)20-7-6-13-21-11(9-4-5-9)8-12(22-13)16(17,18)19/h8-9H,2-7H2,1H3,(H,20,25). The fraction of sp³-hybridized carbons (Fsp3) is 0.562. The van der Waals surface area contributed by atoms with Gasteiger partial charge in [-0.15, -0.1) is 5.10 Å². The highest BCUT2D eigenvalue weighted by atomic mass is 32.1. The Morgan fingerprint density at radius 2 is 2.08 bits per heavy atom. The molecular weight excluding hydrogens is 367 g/mol. The topological polar surface area (TPSA) is 80.7 Å². The molecule has 0 bridgehead atoms. The SMILES string of the molecule is CCCc1nnsc1C(=O)NCCc1nc(C2CC2)cc(C(F)(F)F)n1. The quantitative estimate of drug-likeness (QED) is 0.792. The van der Waals surface area contributed by atoms with Gasteiger partial charge in [0, 0.05) is 24.6 Å². The maximum atomic E-state index is 13.0. The summed E-state index contributed by atoms with van der Waals surface area (Å²) >= 11 is 1.01. The molecule has 0 saturated heterocycles. The average molecular weight is 385 g/mol. The van der Waals surface area contributed by atoms with Gasteiger partial charge >= 0.3 is 6.18 Å². The molecule has 6 nitrogen and oxygen atoms in total. The molecule has 10 heteroatoms. The number of halogens is 3. The van der Waals surface area contributed by atoms with Crippen LogP contribution in [0.1, 0.15) is 64.7 Å². The zero-order valence-corrected chi connectivity index (χ0v) is 15.0. The van der Waals surface area contributed by atoms with E-state index < -0.39 is 11.9 Å². The molecule has 2 aromatic rings. The first-order valence-corrected chi connectivity index (χ1v) is 9.20. The smallest absolute Gasteiger partial charge is 0.351 e. The van der Waals surface area contributed by atoms with Crippen molar-refractivity contribution in [3.05, 3.63) is 33.8 Å². The maximum Gasteiger partial charge on any atom is 0.433 e. The number of rotatable bonds is 7. The van der Waals surface area contributed by atoms with Crippen molar-refractivity contribution in [3.8, 4) is 0 Å². The van der Waals surface area contributed by atoms with Crippen molar-refractivity contribution in [2.75, 3.05) is 6.54 Å². The Hall–Kier alpha value is -2.10. The zero-order valence-electron chi connectivity index (χ0n) is 14.1. The molecule has 1 amide bonds. The molecule has 0 aromatic carbocycles. The van der Waals surface area contributed by atoms with E-state index >= 15 is 0 Å². The highest BCUT2D eigenvalue weighted by Crippen LogP contribution is 2.40. The molecule has 2 heterocycles. The molecule has 1 fully saturated rings. The van der Waals surface area contributed by atoms with Gasteiger partial charge in [-0.05, 0) is 36.9 Å². The summed E-state index contributed by atoms with van der Waals surface area (Å²) in [5.41, 5.74) is 0.152. The summed E-state index contributed by atoms with van der Waals surface area (Å²) in [6.07, 6.45) is -1.18. The zero-order chi connectivity index (χ0) is 18.7. The molecule has 3 rings (SSSR count). The van der Waals surface area contributed by atoms with Crippen molar-refractivity contribution < 1.29 is 18.0 Å². The number of nitrogens with zero attached hydrogens (tertiary/aromatic N) is 4. The van der Waals surface area contributed by atoms with E-state index in [9.17, 15) is 18.0 Å². The molecule has 0 spiro atoms. The third-order valence-corrected chi connectivity index (χ3v) is 4.73. The van der Waals surface area contributed by atoms with Crippen LogP contribution < -0.4 is 5.32 Å². The Bertz CT molecular complexity index is 788. The lowest BCUT2D eigenvalue weighted by molar-refractivity contribution is -0.141. The predicted octanol–water partition coefficient (Wildman–Crippen LogP) is 3.15. The molecule has 0 unspecified atom stereocenters. The molecule has 1 saturated carbocycles. The minimum Gasteiger partial charge on any atom is -0.351 e. The van der Waals surface area contributed by atoms with Gasteiger partial charge in [0.2, 0.25) is 0 Å². The van der Waals surface area contributed by atoms with Crippen LogP contribution in [0.4, 0.5) is 13.2 Å². The number of carbonyl (C=O) groups excluding carboxylic acids is 1. The number of aromatic nitrogens is 4. The molecule has 0 radical (unpaired) electrons. The molecular formula is C16H18F3N5OS. The number of alkyl halides is 3. The van der Waals surface area contributed by atoms with E-state index in [2.05, 4.69) is 24.9 Å². The van der Waals surface area contributed by atoms with Gasteiger partial charge in [0.15, 0.2) is 0 Å². The van der Waals surface area contributed by atoms with Gasteiger partial charge in [0.05, 0.1) is 5.69 Å². The number of carbonyl (C=O) groups is 1. The van der Waals surface area contributed by atoms with E-state index in [1.54, 1.807) is 0 Å². The van der Waals surface area contributed by atoms with Crippen molar-refractivity contribution in [1.82, 2.24) is 24.9 Å². The molecule has 0 aliphatic heterocycles. The molecule has 1 aliphatic carbocycles. The lowest BCUT2D eigenvalue weighted by Crippen LogP contribution is -2.26. The van der Waals surface area contributed by atoms with Crippen molar-refractivity contribution in [1.29, 1.82) is 0 Å². The summed E-state index contributed by atoms with van der Waals surface area (Å²) in [5, 5.41) is 6.61. The van der Waals surface area contributed by atoms with E-state index in [0.717, 1.165) is 36.9 Å². The Morgan fingerprint density at radius 1 is 1.31 bits per heavy atom. The maximum absolute atomic E-state index is 13.0. The van der Waals surface area contributed by atoms with E-state index in [1.807, 2.05) is 6.92 Å². The van der Waals surface area contributed by atoms with Crippen LogP contribution in [0.2, 0.25) is 0 Å². The second-order valence-electron chi connectivity index (χ2n) is 6.17. The monoisotopic (exact) mass is 385 g/mol. The van der Waals surface area contributed by atoms with Crippen LogP contribution in [0.25, 0.3) is 0 Å². The van der Waals surface area contributed by atoms with Crippen LogP contribution >= 0.6 is 11.5 Å². The van der Waals surface area contributed by atoms with Crippen LogP contribution in [0.15, 0.2) is 6.07 Å². The van der Waals surface area contributed by atoms with Gasteiger partial charge in [-0.3, -0.25) is 4.79 Å². The van der Waals surface area contributed by atoms with Crippen LogP contribution in [0.3, 0.4) is 0 Å². The number of amides is 1. The predicted molar refractivity (Wildman–Crippen MR) is 89.0 cm³/mol. The third-order valence-electron chi connectivity index (χ3n) is 3.96. The lowest BCUT2D eigenvalue weighted by atomic mass is 10.2.